The molecule has 5 nitrogen and oxygen atoms in total. The van der Waals surface area contributed by atoms with E-state index in [-0.39, 0.29) is 17.7 Å². The smallest absolute Gasteiger partial charge is 0.234 e. The molecule has 3 rings (SSSR count). The molecule has 2 heterocycles. The van der Waals surface area contributed by atoms with E-state index in [1.807, 2.05) is 17.5 Å². The van der Waals surface area contributed by atoms with Crippen molar-refractivity contribution in [2.24, 2.45) is 0 Å². The largest absolute Gasteiger partial charge is 0.325 e. The Morgan fingerprint density at radius 2 is 2.16 bits per heavy atom. The number of thioether (sulfide) groups is 1. The van der Waals surface area contributed by atoms with Crippen LogP contribution in [-0.2, 0) is 4.79 Å². The van der Waals surface area contributed by atoms with Crippen molar-refractivity contribution < 1.29 is 4.79 Å². The van der Waals surface area contributed by atoms with Gasteiger partial charge < -0.3 is 5.32 Å². The lowest BCUT2D eigenvalue weighted by molar-refractivity contribution is -0.113. The number of nitrogens with one attached hydrogen (secondary N) is 1. The van der Waals surface area contributed by atoms with E-state index in [1.54, 1.807) is 35.6 Å². The molecule has 0 unspecified atom stereocenters. The molecule has 1 aromatic carbocycles. The van der Waals surface area contributed by atoms with Crippen LogP contribution in [0.4, 0.5) is 5.69 Å². The number of thiophene rings is 1. The fraction of sp³-hybridized carbons (Fsp3) is 0.235. The molecule has 0 saturated carbocycles. The Balaban J connectivity index is 1.70. The van der Waals surface area contributed by atoms with E-state index in [2.05, 4.69) is 33.9 Å². The van der Waals surface area contributed by atoms with Crippen molar-refractivity contribution >= 4 is 46.3 Å². The third-order valence-corrected chi connectivity index (χ3v) is 5.41. The van der Waals surface area contributed by atoms with E-state index in [4.69, 9.17) is 11.6 Å². The Bertz CT molecular complexity index is 861. The number of anilines is 1. The number of carbonyl (C=O) groups is 1. The number of nitrogens with zero attached hydrogens (tertiary/aromatic N) is 3. The molecule has 0 aliphatic heterocycles. The zero-order chi connectivity index (χ0) is 17.8. The minimum absolute atomic E-state index is 0.108. The summed E-state index contributed by atoms with van der Waals surface area (Å²) in [5.41, 5.74) is 0.683. The van der Waals surface area contributed by atoms with E-state index < -0.39 is 0 Å². The standard InChI is InChI=1S/C17H17ClN4OS2/c1-11(2)22-16(14-7-4-8-24-14)20-21-17(22)25-10-15(23)19-13-6-3-5-12(18)9-13/h3-9,11H,10H2,1-2H3,(H,19,23). The van der Waals surface area contributed by atoms with Crippen molar-refractivity contribution in [3.63, 3.8) is 0 Å². The zero-order valence-corrected chi connectivity index (χ0v) is 16.2. The fourth-order valence-corrected chi connectivity index (χ4v) is 4.07. The Kier molecular flexibility index (Phi) is 5.78. The van der Waals surface area contributed by atoms with Gasteiger partial charge in [0.05, 0.1) is 10.6 Å². The highest BCUT2D eigenvalue weighted by atomic mass is 35.5. The number of halogens is 1. The first-order valence-electron chi connectivity index (χ1n) is 7.71. The van der Waals surface area contributed by atoms with Crippen LogP contribution in [0.3, 0.4) is 0 Å². The molecule has 1 N–H and O–H groups in total. The number of aromatic nitrogens is 3. The van der Waals surface area contributed by atoms with Crippen molar-refractivity contribution in [3.8, 4) is 10.7 Å². The van der Waals surface area contributed by atoms with Crippen molar-refractivity contribution in [2.45, 2.75) is 25.0 Å². The monoisotopic (exact) mass is 392 g/mol. The molecule has 0 saturated heterocycles. The summed E-state index contributed by atoms with van der Waals surface area (Å²) in [6.45, 7) is 4.16. The zero-order valence-electron chi connectivity index (χ0n) is 13.8. The van der Waals surface area contributed by atoms with E-state index >= 15 is 0 Å². The molecular formula is C17H17ClN4OS2. The van der Waals surface area contributed by atoms with Crippen LogP contribution in [0.15, 0.2) is 46.9 Å². The lowest BCUT2D eigenvalue weighted by atomic mass is 10.3. The van der Waals surface area contributed by atoms with Crippen molar-refractivity contribution in [2.75, 3.05) is 11.1 Å². The second-order valence-electron chi connectivity index (χ2n) is 5.59. The quantitative estimate of drug-likeness (QED) is 0.601. The summed E-state index contributed by atoms with van der Waals surface area (Å²) in [7, 11) is 0. The van der Waals surface area contributed by atoms with E-state index in [0.717, 1.165) is 15.9 Å². The van der Waals surface area contributed by atoms with Gasteiger partial charge in [0.1, 0.15) is 0 Å². The molecule has 2 aromatic heterocycles. The summed E-state index contributed by atoms with van der Waals surface area (Å²) in [6, 6.07) is 11.3. The summed E-state index contributed by atoms with van der Waals surface area (Å²) < 4.78 is 2.06. The van der Waals surface area contributed by atoms with Crippen LogP contribution in [-0.4, -0.2) is 26.4 Å². The lowest BCUT2D eigenvalue weighted by Crippen LogP contribution is -2.15. The molecule has 0 atom stereocenters. The van der Waals surface area contributed by atoms with E-state index in [1.165, 1.54) is 11.8 Å². The van der Waals surface area contributed by atoms with Crippen molar-refractivity contribution in [1.82, 2.24) is 14.8 Å². The summed E-state index contributed by atoms with van der Waals surface area (Å²) in [5, 5.41) is 14.7. The highest BCUT2D eigenvalue weighted by molar-refractivity contribution is 7.99. The number of amides is 1. The number of hydrogen-bond donors (Lipinski definition) is 1. The van der Waals surface area contributed by atoms with Crippen LogP contribution in [0.5, 0.6) is 0 Å². The van der Waals surface area contributed by atoms with Gasteiger partial charge in [-0.15, -0.1) is 21.5 Å². The summed E-state index contributed by atoms with van der Waals surface area (Å²) in [6.07, 6.45) is 0. The molecule has 0 bridgehead atoms. The van der Waals surface area contributed by atoms with Crippen molar-refractivity contribution in [3.05, 3.63) is 46.8 Å². The average molecular weight is 393 g/mol. The third kappa shape index (κ3) is 4.42. The molecule has 0 spiro atoms. The predicted octanol–water partition coefficient (Wildman–Crippen LogP) is 4.97. The van der Waals surface area contributed by atoms with Gasteiger partial charge in [0.2, 0.25) is 5.91 Å². The maximum absolute atomic E-state index is 12.2. The minimum Gasteiger partial charge on any atom is -0.325 e. The van der Waals surface area contributed by atoms with Crippen LogP contribution >= 0.6 is 34.7 Å². The Hall–Kier alpha value is -1.83. The van der Waals surface area contributed by atoms with Gasteiger partial charge in [-0.3, -0.25) is 9.36 Å². The highest BCUT2D eigenvalue weighted by Gasteiger charge is 2.18. The Labute approximate surface area is 159 Å². The molecule has 0 fully saturated rings. The van der Waals surface area contributed by atoms with E-state index in [0.29, 0.717) is 10.7 Å². The third-order valence-electron chi connectivity index (χ3n) is 3.36. The van der Waals surface area contributed by atoms with Gasteiger partial charge >= 0.3 is 0 Å². The first-order chi connectivity index (χ1) is 12.0. The summed E-state index contributed by atoms with van der Waals surface area (Å²) in [5.74, 6) is 0.980. The summed E-state index contributed by atoms with van der Waals surface area (Å²) in [4.78, 5) is 13.2. The molecule has 3 aromatic rings. The molecule has 25 heavy (non-hydrogen) atoms. The normalized spacial score (nSPS) is 11.0. The van der Waals surface area contributed by atoms with Gasteiger partial charge in [0.25, 0.3) is 0 Å². The van der Waals surface area contributed by atoms with Crippen LogP contribution in [0.2, 0.25) is 5.02 Å². The van der Waals surface area contributed by atoms with Gasteiger partial charge in [0.15, 0.2) is 11.0 Å². The molecule has 0 aliphatic rings. The van der Waals surface area contributed by atoms with Gasteiger partial charge in [-0.2, -0.15) is 0 Å². The maximum Gasteiger partial charge on any atom is 0.234 e. The average Bonchev–Trinajstić information content (AvgIpc) is 3.22. The molecule has 8 heteroatoms. The Morgan fingerprint density at radius 3 is 2.84 bits per heavy atom. The van der Waals surface area contributed by atoms with Gasteiger partial charge in [-0.1, -0.05) is 35.5 Å². The number of hydrogen-bond acceptors (Lipinski definition) is 5. The van der Waals surface area contributed by atoms with Gasteiger partial charge in [-0.05, 0) is 43.5 Å². The predicted molar refractivity (Wildman–Crippen MR) is 105 cm³/mol. The van der Waals surface area contributed by atoms with Crippen LogP contribution in [0.25, 0.3) is 10.7 Å². The highest BCUT2D eigenvalue weighted by Crippen LogP contribution is 2.30. The maximum atomic E-state index is 12.2. The fourth-order valence-electron chi connectivity index (χ4n) is 2.31. The molecule has 0 aliphatic carbocycles. The molecular weight excluding hydrogens is 376 g/mol. The molecule has 130 valence electrons. The number of carbonyl (C=O) groups excluding carboxylic acids is 1. The first-order valence-corrected chi connectivity index (χ1v) is 9.96. The second kappa shape index (κ2) is 8.03. The van der Waals surface area contributed by atoms with Crippen LogP contribution in [0.1, 0.15) is 19.9 Å². The van der Waals surface area contributed by atoms with Crippen LogP contribution < -0.4 is 5.32 Å². The molecule has 0 radical (unpaired) electrons. The first kappa shape index (κ1) is 18.0. The van der Waals surface area contributed by atoms with Gasteiger partial charge in [-0.25, -0.2) is 0 Å². The van der Waals surface area contributed by atoms with Gasteiger partial charge in [0, 0.05) is 16.8 Å². The second-order valence-corrected chi connectivity index (χ2v) is 7.92. The number of benzene rings is 1. The molecule has 1 amide bonds. The van der Waals surface area contributed by atoms with Crippen molar-refractivity contribution in [1.29, 1.82) is 0 Å². The van der Waals surface area contributed by atoms with Crippen LogP contribution in [0, 0.1) is 0 Å². The topological polar surface area (TPSA) is 59.8 Å². The number of rotatable bonds is 6. The lowest BCUT2D eigenvalue weighted by Gasteiger charge is -2.13. The summed E-state index contributed by atoms with van der Waals surface area (Å²) >= 11 is 8.93. The minimum atomic E-state index is -0.108. The Morgan fingerprint density at radius 1 is 1.32 bits per heavy atom. The van der Waals surface area contributed by atoms with E-state index in [9.17, 15) is 4.79 Å². The SMILES string of the molecule is CC(C)n1c(SCC(=O)Nc2cccc(Cl)c2)nnc1-c1cccs1.